The van der Waals surface area contributed by atoms with Gasteiger partial charge in [0, 0.05) is 6.42 Å². The number of aliphatic hydroxyl groups excluding tert-OH is 1. The summed E-state index contributed by atoms with van der Waals surface area (Å²) in [6.45, 7) is 4.69. The van der Waals surface area contributed by atoms with E-state index in [0.717, 1.165) is 51.4 Å². The molecule has 298 valence electrons. The second-order valence-electron chi connectivity index (χ2n) is 15.7. The lowest BCUT2D eigenvalue weighted by atomic mass is 10.0. The topological polar surface area (TPSA) is 108 Å². The van der Waals surface area contributed by atoms with Gasteiger partial charge in [-0.3, -0.25) is 9.36 Å². The van der Waals surface area contributed by atoms with Crippen molar-refractivity contribution in [2.45, 2.75) is 206 Å². The highest BCUT2D eigenvalue weighted by atomic mass is 31.2. The number of carbonyl (C=O) groups is 1. The number of nitrogens with zero attached hydrogens (tertiary/aromatic N) is 1. The highest BCUT2D eigenvalue weighted by molar-refractivity contribution is 7.45. The predicted octanol–water partition coefficient (Wildman–Crippen LogP) is 10.6. The van der Waals surface area contributed by atoms with Gasteiger partial charge in [0.25, 0.3) is 7.82 Å². The van der Waals surface area contributed by atoms with Crippen molar-refractivity contribution < 1.29 is 32.9 Å². The fraction of sp³-hybridized carbons (Fsp3) is 0.927. The highest BCUT2D eigenvalue weighted by Crippen LogP contribution is 2.38. The quantitative estimate of drug-likeness (QED) is 0.0283. The number of aliphatic hydroxyl groups is 1. The lowest BCUT2D eigenvalue weighted by Gasteiger charge is -2.30. The molecule has 0 rings (SSSR count). The summed E-state index contributed by atoms with van der Waals surface area (Å²) < 4.78 is 23.2. The molecule has 3 unspecified atom stereocenters. The normalized spacial score (nSPS) is 14.6. The fourth-order valence-electron chi connectivity index (χ4n) is 6.09. The lowest BCUT2D eigenvalue weighted by molar-refractivity contribution is -0.870. The van der Waals surface area contributed by atoms with Gasteiger partial charge in [-0.25, -0.2) is 0 Å². The minimum atomic E-state index is -4.56. The molecule has 1 amide bonds. The van der Waals surface area contributed by atoms with Gasteiger partial charge in [0.15, 0.2) is 0 Å². The van der Waals surface area contributed by atoms with E-state index in [1.165, 1.54) is 116 Å². The highest BCUT2D eigenvalue weighted by Gasteiger charge is 2.24. The van der Waals surface area contributed by atoms with E-state index in [0.29, 0.717) is 23.9 Å². The molecule has 0 fully saturated rings. The van der Waals surface area contributed by atoms with Crippen LogP contribution in [-0.2, 0) is 18.4 Å². The Morgan fingerprint density at radius 2 is 1.10 bits per heavy atom. The van der Waals surface area contributed by atoms with Crippen LogP contribution in [0, 0.1) is 0 Å². The number of hydrogen-bond acceptors (Lipinski definition) is 6. The average molecular weight is 731 g/mol. The number of carbonyl (C=O) groups excluding carboxylic acids is 1. The second kappa shape index (κ2) is 34.0. The third kappa shape index (κ3) is 35.6. The standard InChI is InChI=1S/C41H83N2O6P/c1-6-8-10-12-14-16-18-20-21-23-24-26-28-30-32-34-40(44)39(38-49-50(46,47)48-37-36-43(3,4)5)42-41(45)35-33-31-29-27-25-22-19-17-15-13-11-9-7-2/h17,19,39-40,44H,6-16,18,20-38H2,1-5H3,(H-,42,45,46,47)/b19-17-. The van der Waals surface area contributed by atoms with Crippen LogP contribution in [0.3, 0.4) is 0 Å². The zero-order chi connectivity index (χ0) is 37.2. The molecule has 0 heterocycles. The molecule has 0 bridgehead atoms. The maximum absolute atomic E-state index is 12.8. The molecule has 2 N–H and O–H groups in total. The van der Waals surface area contributed by atoms with Crippen LogP contribution in [0.2, 0.25) is 0 Å². The number of rotatable bonds is 38. The Morgan fingerprint density at radius 1 is 0.680 bits per heavy atom. The van der Waals surface area contributed by atoms with Crippen molar-refractivity contribution in [1.82, 2.24) is 5.32 Å². The largest absolute Gasteiger partial charge is 0.756 e. The van der Waals surface area contributed by atoms with Gasteiger partial charge in [-0.05, 0) is 38.5 Å². The van der Waals surface area contributed by atoms with E-state index in [4.69, 9.17) is 9.05 Å². The van der Waals surface area contributed by atoms with Crippen LogP contribution < -0.4 is 10.2 Å². The van der Waals surface area contributed by atoms with Crippen LogP contribution in [0.15, 0.2) is 12.2 Å². The van der Waals surface area contributed by atoms with Gasteiger partial charge >= 0.3 is 0 Å². The lowest BCUT2D eigenvalue weighted by Crippen LogP contribution is -2.46. The molecule has 0 aliphatic carbocycles. The summed E-state index contributed by atoms with van der Waals surface area (Å²) in [6, 6.07) is -0.799. The first-order valence-corrected chi connectivity index (χ1v) is 22.5. The van der Waals surface area contributed by atoms with Crippen molar-refractivity contribution in [1.29, 1.82) is 0 Å². The van der Waals surface area contributed by atoms with Crippen LogP contribution in [-0.4, -0.2) is 68.5 Å². The number of quaternary nitrogens is 1. The number of hydrogen-bond donors (Lipinski definition) is 2. The molecular weight excluding hydrogens is 647 g/mol. The van der Waals surface area contributed by atoms with E-state index in [-0.39, 0.29) is 19.1 Å². The van der Waals surface area contributed by atoms with Crippen molar-refractivity contribution >= 4 is 13.7 Å². The van der Waals surface area contributed by atoms with Gasteiger partial charge in [0.2, 0.25) is 5.91 Å². The van der Waals surface area contributed by atoms with Crippen LogP contribution in [0.25, 0.3) is 0 Å². The van der Waals surface area contributed by atoms with Gasteiger partial charge < -0.3 is 28.8 Å². The van der Waals surface area contributed by atoms with Crippen LogP contribution >= 0.6 is 7.82 Å². The van der Waals surface area contributed by atoms with Crippen LogP contribution in [0.5, 0.6) is 0 Å². The summed E-state index contributed by atoms with van der Waals surface area (Å²) in [6.07, 6.45) is 36.3. The molecule has 0 aromatic heterocycles. The Balaban J connectivity index is 4.41. The maximum atomic E-state index is 12.8. The minimum absolute atomic E-state index is 0.0122. The zero-order valence-corrected chi connectivity index (χ0v) is 34.5. The summed E-state index contributed by atoms with van der Waals surface area (Å²) in [7, 11) is 1.30. The number of nitrogens with one attached hydrogen (secondary N) is 1. The monoisotopic (exact) mass is 731 g/mol. The van der Waals surface area contributed by atoms with Crippen molar-refractivity contribution in [2.24, 2.45) is 0 Å². The molecule has 8 nitrogen and oxygen atoms in total. The number of allylic oxidation sites excluding steroid dienone is 2. The van der Waals surface area contributed by atoms with Gasteiger partial charge in [0.1, 0.15) is 13.2 Å². The Morgan fingerprint density at radius 3 is 1.58 bits per heavy atom. The molecule has 0 saturated carbocycles. The average Bonchev–Trinajstić information content (AvgIpc) is 3.06. The van der Waals surface area contributed by atoms with Gasteiger partial charge in [-0.2, -0.15) is 0 Å². The van der Waals surface area contributed by atoms with Crippen molar-refractivity contribution in [3.8, 4) is 0 Å². The Hall–Kier alpha value is -0.760. The molecule has 50 heavy (non-hydrogen) atoms. The molecule has 3 atom stereocenters. The first-order valence-electron chi connectivity index (χ1n) is 21.0. The van der Waals surface area contributed by atoms with E-state index in [9.17, 15) is 19.4 Å². The Kier molecular flexibility index (Phi) is 33.5. The second-order valence-corrected chi connectivity index (χ2v) is 17.1. The maximum Gasteiger partial charge on any atom is 0.268 e. The van der Waals surface area contributed by atoms with Gasteiger partial charge in [-0.15, -0.1) is 0 Å². The number of likely N-dealkylation sites (N-methyl/N-ethyl adjacent to an activating group) is 1. The predicted molar refractivity (Wildman–Crippen MR) is 210 cm³/mol. The van der Waals surface area contributed by atoms with Crippen molar-refractivity contribution in [3.05, 3.63) is 12.2 Å². The third-order valence-electron chi connectivity index (χ3n) is 9.50. The van der Waals surface area contributed by atoms with Gasteiger partial charge in [0.05, 0.1) is 39.9 Å². The summed E-state index contributed by atoms with van der Waals surface area (Å²) in [5.41, 5.74) is 0. The number of phosphoric ester groups is 1. The summed E-state index contributed by atoms with van der Waals surface area (Å²) in [5.74, 6) is -0.174. The van der Waals surface area contributed by atoms with Crippen molar-refractivity contribution in [3.63, 3.8) is 0 Å². The SMILES string of the molecule is CCCCCC/C=C\CCCCCCCC(=O)NC(COP(=O)([O-])OCC[N+](C)(C)C)C(O)CCCCCCCCCCCCCCCCC. The van der Waals surface area contributed by atoms with Crippen LogP contribution in [0.1, 0.15) is 194 Å². The summed E-state index contributed by atoms with van der Waals surface area (Å²) >= 11 is 0. The summed E-state index contributed by atoms with van der Waals surface area (Å²) in [5, 5.41) is 13.9. The molecule has 0 spiro atoms. The molecule has 0 saturated heterocycles. The minimum Gasteiger partial charge on any atom is -0.756 e. The molecule has 0 aliphatic rings. The number of phosphoric acid groups is 1. The number of unbranched alkanes of at least 4 members (excludes halogenated alkanes) is 23. The number of amides is 1. The van der Waals surface area contributed by atoms with E-state index >= 15 is 0 Å². The van der Waals surface area contributed by atoms with Crippen molar-refractivity contribution in [2.75, 3.05) is 40.9 Å². The Labute approximate surface area is 310 Å². The van der Waals surface area contributed by atoms with E-state index < -0.39 is 20.0 Å². The van der Waals surface area contributed by atoms with E-state index in [2.05, 4.69) is 31.3 Å². The van der Waals surface area contributed by atoms with Gasteiger partial charge in [-0.1, -0.05) is 161 Å². The molecule has 0 aromatic rings. The smallest absolute Gasteiger partial charge is 0.268 e. The van der Waals surface area contributed by atoms with E-state index in [1.54, 1.807) is 0 Å². The zero-order valence-electron chi connectivity index (χ0n) is 33.6. The fourth-order valence-corrected chi connectivity index (χ4v) is 6.81. The molecule has 0 aliphatic heterocycles. The first kappa shape index (κ1) is 49.2. The first-order chi connectivity index (χ1) is 24.0. The molecule has 9 heteroatoms. The van der Waals surface area contributed by atoms with Crippen LogP contribution in [0.4, 0.5) is 0 Å². The third-order valence-corrected chi connectivity index (χ3v) is 10.5. The summed E-state index contributed by atoms with van der Waals surface area (Å²) in [4.78, 5) is 25.2. The molecule has 0 radical (unpaired) electrons. The Bertz CT molecular complexity index is 834. The molecule has 0 aromatic carbocycles. The van der Waals surface area contributed by atoms with E-state index in [1.807, 2.05) is 21.1 Å². The molecular formula is C41H83N2O6P.